The van der Waals surface area contributed by atoms with Gasteiger partial charge >= 0.3 is 0 Å². The lowest BCUT2D eigenvalue weighted by atomic mass is 10.2. The van der Waals surface area contributed by atoms with Crippen molar-refractivity contribution in [2.24, 2.45) is 5.10 Å². The van der Waals surface area contributed by atoms with E-state index in [9.17, 15) is 4.79 Å². The van der Waals surface area contributed by atoms with Crippen molar-refractivity contribution >= 4 is 23.0 Å². The molecule has 2 aromatic carbocycles. The highest BCUT2D eigenvalue weighted by Crippen LogP contribution is 2.33. The minimum absolute atomic E-state index is 0.326. The van der Waals surface area contributed by atoms with E-state index >= 15 is 0 Å². The number of hydrogen-bond donors (Lipinski definition) is 2. The molecule has 0 spiro atoms. The Balaban J connectivity index is 1.83. The number of rotatable bonds is 7. The van der Waals surface area contributed by atoms with Gasteiger partial charge in [-0.05, 0) is 30.3 Å². The van der Waals surface area contributed by atoms with Crippen LogP contribution in [-0.4, -0.2) is 45.5 Å². The molecule has 1 heterocycles. The van der Waals surface area contributed by atoms with Crippen LogP contribution in [0, 0.1) is 0 Å². The summed E-state index contributed by atoms with van der Waals surface area (Å²) in [6, 6.07) is 10.6. The molecule has 0 saturated carbocycles. The van der Waals surface area contributed by atoms with Crippen molar-refractivity contribution in [3.8, 4) is 23.0 Å². The van der Waals surface area contributed by atoms with Crippen LogP contribution in [0.3, 0.4) is 0 Å². The number of hydrazone groups is 1. The smallest absolute Gasteiger partial charge is 0.287 e. The van der Waals surface area contributed by atoms with E-state index in [0.717, 1.165) is 5.39 Å². The molecular formula is C20H21N3O5. The minimum atomic E-state index is -0.404. The van der Waals surface area contributed by atoms with Crippen molar-refractivity contribution in [2.45, 2.75) is 0 Å². The van der Waals surface area contributed by atoms with Gasteiger partial charge in [0, 0.05) is 10.9 Å². The molecule has 1 amide bonds. The van der Waals surface area contributed by atoms with Crippen LogP contribution in [0.5, 0.6) is 23.0 Å². The number of nitrogens with zero attached hydrogens (tertiary/aromatic N) is 1. The van der Waals surface area contributed by atoms with Gasteiger partial charge in [-0.1, -0.05) is 6.07 Å². The zero-order valence-electron chi connectivity index (χ0n) is 16.0. The molecule has 0 aliphatic rings. The molecule has 0 atom stereocenters. The van der Waals surface area contributed by atoms with Crippen LogP contribution in [0.1, 0.15) is 16.1 Å². The number of ether oxygens (including phenoxy) is 4. The fourth-order valence-electron chi connectivity index (χ4n) is 2.87. The van der Waals surface area contributed by atoms with Crippen molar-refractivity contribution in [3.05, 3.63) is 47.7 Å². The third kappa shape index (κ3) is 3.57. The van der Waals surface area contributed by atoms with E-state index in [1.165, 1.54) is 6.21 Å². The van der Waals surface area contributed by atoms with Crippen molar-refractivity contribution in [2.75, 3.05) is 28.4 Å². The van der Waals surface area contributed by atoms with Gasteiger partial charge in [-0.15, -0.1) is 0 Å². The first-order valence-corrected chi connectivity index (χ1v) is 8.41. The Kier molecular flexibility index (Phi) is 5.69. The number of fused-ring (bicyclic) bond motifs is 1. The summed E-state index contributed by atoms with van der Waals surface area (Å²) < 4.78 is 21.3. The highest BCUT2D eigenvalue weighted by molar-refractivity contribution is 6.01. The Morgan fingerprint density at radius 3 is 2.36 bits per heavy atom. The molecule has 3 aromatic rings. The molecule has 8 nitrogen and oxygen atoms in total. The standard InChI is InChI=1S/C20H21N3O5/c1-25-15-8-9-16(26-2)18-13(15)10-14(22-18)20(24)23-21-11-12-6-5-7-17(27-3)19(12)28-4/h5-11,22H,1-4H3,(H,23,24)/b21-11-. The number of methoxy groups -OCH3 is 4. The third-order valence-corrected chi connectivity index (χ3v) is 4.20. The maximum atomic E-state index is 12.5. The highest BCUT2D eigenvalue weighted by Gasteiger charge is 2.15. The molecule has 0 fully saturated rings. The number of para-hydroxylation sites is 1. The lowest BCUT2D eigenvalue weighted by Gasteiger charge is -2.09. The molecule has 0 aliphatic carbocycles. The zero-order chi connectivity index (χ0) is 20.1. The number of aromatic amines is 1. The fourth-order valence-corrected chi connectivity index (χ4v) is 2.87. The summed E-state index contributed by atoms with van der Waals surface area (Å²) >= 11 is 0. The number of H-pyrrole nitrogens is 1. The van der Waals surface area contributed by atoms with E-state index < -0.39 is 5.91 Å². The lowest BCUT2D eigenvalue weighted by molar-refractivity contribution is 0.0951. The number of benzene rings is 2. The molecule has 8 heteroatoms. The van der Waals surface area contributed by atoms with E-state index in [4.69, 9.17) is 18.9 Å². The molecule has 0 saturated heterocycles. The van der Waals surface area contributed by atoms with E-state index in [1.807, 2.05) is 0 Å². The van der Waals surface area contributed by atoms with E-state index in [-0.39, 0.29) is 0 Å². The predicted molar refractivity (Wildman–Crippen MR) is 106 cm³/mol. The second-order valence-electron chi connectivity index (χ2n) is 5.72. The van der Waals surface area contributed by atoms with Gasteiger partial charge in [0.05, 0.1) is 40.2 Å². The third-order valence-electron chi connectivity index (χ3n) is 4.20. The van der Waals surface area contributed by atoms with Crippen LogP contribution in [0.25, 0.3) is 10.9 Å². The number of amides is 1. The molecule has 0 bridgehead atoms. The fraction of sp³-hybridized carbons (Fsp3) is 0.200. The molecule has 146 valence electrons. The van der Waals surface area contributed by atoms with Gasteiger partial charge in [-0.25, -0.2) is 5.43 Å². The molecule has 0 aliphatic heterocycles. The van der Waals surface area contributed by atoms with E-state index in [1.54, 1.807) is 64.8 Å². The number of nitrogens with one attached hydrogen (secondary N) is 2. The summed E-state index contributed by atoms with van der Waals surface area (Å²) in [4.78, 5) is 15.5. The van der Waals surface area contributed by atoms with Crippen LogP contribution in [0.4, 0.5) is 0 Å². The van der Waals surface area contributed by atoms with Crippen molar-refractivity contribution in [1.82, 2.24) is 10.4 Å². The van der Waals surface area contributed by atoms with E-state index in [0.29, 0.717) is 39.8 Å². The van der Waals surface area contributed by atoms with Crippen LogP contribution in [0.2, 0.25) is 0 Å². The molecule has 1 aromatic heterocycles. The topological polar surface area (TPSA) is 94.2 Å². The van der Waals surface area contributed by atoms with Gasteiger partial charge in [0.15, 0.2) is 11.5 Å². The average Bonchev–Trinajstić information content (AvgIpc) is 3.18. The second kappa shape index (κ2) is 8.34. The van der Waals surface area contributed by atoms with Gasteiger partial charge in [-0.3, -0.25) is 4.79 Å². The molecule has 2 N–H and O–H groups in total. The maximum Gasteiger partial charge on any atom is 0.287 e. The SMILES string of the molecule is COc1cccc(/C=N\NC(=O)c2cc3c(OC)ccc(OC)c3[nH]2)c1OC. The predicted octanol–water partition coefficient (Wildman–Crippen LogP) is 2.97. The number of carbonyl (C=O) groups is 1. The molecule has 0 radical (unpaired) electrons. The molecule has 0 unspecified atom stereocenters. The summed E-state index contributed by atoms with van der Waals surface area (Å²) in [5, 5.41) is 4.76. The summed E-state index contributed by atoms with van der Waals surface area (Å²) in [7, 11) is 6.23. The lowest BCUT2D eigenvalue weighted by Crippen LogP contribution is -2.18. The van der Waals surface area contributed by atoms with Crippen LogP contribution in [-0.2, 0) is 0 Å². The Morgan fingerprint density at radius 2 is 1.68 bits per heavy atom. The van der Waals surface area contributed by atoms with Crippen LogP contribution in [0.15, 0.2) is 41.5 Å². The van der Waals surface area contributed by atoms with Crippen molar-refractivity contribution < 1.29 is 23.7 Å². The molecule has 28 heavy (non-hydrogen) atoms. The number of hydrogen-bond acceptors (Lipinski definition) is 6. The molecular weight excluding hydrogens is 362 g/mol. The first kappa shape index (κ1) is 19.1. The summed E-state index contributed by atoms with van der Waals surface area (Å²) in [6.07, 6.45) is 1.49. The summed E-state index contributed by atoms with van der Waals surface area (Å²) in [6.45, 7) is 0. The quantitative estimate of drug-likeness (QED) is 0.483. The monoisotopic (exact) mass is 383 g/mol. The Hall–Kier alpha value is -3.68. The first-order chi connectivity index (χ1) is 13.6. The normalized spacial score (nSPS) is 10.9. The van der Waals surface area contributed by atoms with Crippen LogP contribution < -0.4 is 24.4 Å². The van der Waals surface area contributed by atoms with Crippen molar-refractivity contribution in [3.63, 3.8) is 0 Å². The first-order valence-electron chi connectivity index (χ1n) is 8.41. The van der Waals surface area contributed by atoms with Gasteiger partial charge < -0.3 is 23.9 Å². The number of aromatic nitrogens is 1. The summed E-state index contributed by atoms with van der Waals surface area (Å²) in [5.41, 5.74) is 4.16. The Labute approximate surface area is 162 Å². The second-order valence-corrected chi connectivity index (χ2v) is 5.72. The highest BCUT2D eigenvalue weighted by atomic mass is 16.5. The van der Waals surface area contributed by atoms with Gasteiger partial charge in [0.1, 0.15) is 17.2 Å². The number of carbonyl (C=O) groups excluding carboxylic acids is 1. The van der Waals surface area contributed by atoms with Gasteiger partial charge in [0.2, 0.25) is 0 Å². The zero-order valence-corrected chi connectivity index (χ0v) is 16.0. The maximum absolute atomic E-state index is 12.5. The largest absolute Gasteiger partial charge is 0.496 e. The Bertz CT molecular complexity index is 985. The van der Waals surface area contributed by atoms with Gasteiger partial charge in [0.25, 0.3) is 5.91 Å². The van der Waals surface area contributed by atoms with Crippen molar-refractivity contribution in [1.29, 1.82) is 0 Å². The average molecular weight is 383 g/mol. The van der Waals surface area contributed by atoms with Crippen LogP contribution >= 0.6 is 0 Å². The summed E-state index contributed by atoms with van der Waals surface area (Å²) in [5.74, 6) is 1.95. The Morgan fingerprint density at radius 1 is 0.964 bits per heavy atom. The van der Waals surface area contributed by atoms with E-state index in [2.05, 4.69) is 15.5 Å². The minimum Gasteiger partial charge on any atom is -0.496 e. The molecule has 3 rings (SSSR count). The van der Waals surface area contributed by atoms with Gasteiger partial charge in [-0.2, -0.15) is 5.10 Å².